The smallest absolute Gasteiger partial charge is 0.204 e. The van der Waals surface area contributed by atoms with Gasteiger partial charge in [0.25, 0.3) is 0 Å². The lowest BCUT2D eigenvalue weighted by Gasteiger charge is -2.10. The van der Waals surface area contributed by atoms with Gasteiger partial charge < -0.3 is 15.8 Å². The van der Waals surface area contributed by atoms with Gasteiger partial charge in [-0.2, -0.15) is 0 Å². The monoisotopic (exact) mass is 295 g/mol. The lowest BCUT2D eigenvalue weighted by atomic mass is 10.4. The van der Waals surface area contributed by atoms with Crippen molar-refractivity contribution in [1.29, 1.82) is 0 Å². The van der Waals surface area contributed by atoms with Gasteiger partial charge in [0.15, 0.2) is 11.6 Å². The zero-order chi connectivity index (χ0) is 12.3. The van der Waals surface area contributed by atoms with E-state index in [0.717, 1.165) is 10.2 Å². The fourth-order valence-corrected chi connectivity index (χ4v) is 1.66. The number of methoxy groups -OCH3 is 1. The van der Waals surface area contributed by atoms with Crippen molar-refractivity contribution in [2.24, 2.45) is 0 Å². The number of nitrogens with one attached hydrogen (secondary N) is 1. The van der Waals surface area contributed by atoms with Crippen LogP contribution >= 0.6 is 15.9 Å². The van der Waals surface area contributed by atoms with Crippen LogP contribution in [0.5, 0.6) is 5.75 Å². The van der Waals surface area contributed by atoms with Crippen LogP contribution in [-0.4, -0.2) is 22.1 Å². The van der Waals surface area contributed by atoms with Gasteiger partial charge in [-0.25, -0.2) is 9.97 Å². The molecule has 0 saturated carbocycles. The molecule has 17 heavy (non-hydrogen) atoms. The first-order chi connectivity index (χ1) is 8.20. The maximum absolute atomic E-state index is 5.67. The van der Waals surface area contributed by atoms with Gasteiger partial charge in [0.05, 0.1) is 19.0 Å². The Hall–Kier alpha value is -1.89. The van der Waals surface area contributed by atoms with E-state index in [1.807, 2.05) is 6.07 Å². The molecule has 0 unspecified atom stereocenters. The number of rotatable bonds is 3. The standard InChI is InChI=1S/C10H10BrN5O/c1-17-8-9(12)14-5-15-10(8)16-7-2-6(11)3-13-4-7/h2-5H,1H3,(H3,12,14,15,16). The highest BCUT2D eigenvalue weighted by atomic mass is 79.9. The summed E-state index contributed by atoms with van der Waals surface area (Å²) in [6, 6.07) is 1.87. The van der Waals surface area contributed by atoms with Crippen LogP contribution in [0.4, 0.5) is 17.3 Å². The van der Waals surface area contributed by atoms with E-state index < -0.39 is 0 Å². The van der Waals surface area contributed by atoms with Crippen LogP contribution in [0.3, 0.4) is 0 Å². The summed E-state index contributed by atoms with van der Waals surface area (Å²) in [5.74, 6) is 1.19. The lowest BCUT2D eigenvalue weighted by Crippen LogP contribution is -2.02. The Morgan fingerprint density at radius 1 is 1.35 bits per heavy atom. The molecule has 88 valence electrons. The third-order valence-electron chi connectivity index (χ3n) is 2.00. The highest BCUT2D eigenvalue weighted by Crippen LogP contribution is 2.29. The molecule has 3 N–H and O–H groups in total. The number of pyridine rings is 1. The molecule has 0 radical (unpaired) electrons. The van der Waals surface area contributed by atoms with E-state index in [1.165, 1.54) is 13.4 Å². The maximum atomic E-state index is 5.67. The first kappa shape index (κ1) is 11.6. The van der Waals surface area contributed by atoms with Crippen molar-refractivity contribution in [3.63, 3.8) is 0 Å². The minimum absolute atomic E-state index is 0.285. The molecule has 0 amide bonds. The summed E-state index contributed by atoms with van der Waals surface area (Å²) >= 11 is 3.33. The highest BCUT2D eigenvalue weighted by Gasteiger charge is 2.09. The van der Waals surface area contributed by atoms with Crippen LogP contribution in [0.1, 0.15) is 0 Å². The maximum Gasteiger partial charge on any atom is 0.204 e. The summed E-state index contributed by atoms with van der Waals surface area (Å²) < 4.78 is 6.00. The molecule has 0 aliphatic carbocycles. The van der Waals surface area contributed by atoms with E-state index in [4.69, 9.17) is 10.5 Å². The number of hydrogen-bond donors (Lipinski definition) is 2. The second-order valence-corrected chi connectivity index (χ2v) is 4.07. The Kier molecular flexibility index (Phi) is 3.38. The number of aromatic nitrogens is 3. The summed E-state index contributed by atoms with van der Waals surface area (Å²) in [7, 11) is 1.51. The first-order valence-electron chi connectivity index (χ1n) is 4.72. The molecular weight excluding hydrogens is 286 g/mol. The van der Waals surface area contributed by atoms with E-state index in [9.17, 15) is 0 Å². The van der Waals surface area contributed by atoms with Crippen molar-refractivity contribution in [2.45, 2.75) is 0 Å². The predicted octanol–water partition coefficient (Wildman–Crippen LogP) is 1.97. The molecule has 2 aromatic rings. The largest absolute Gasteiger partial charge is 0.490 e. The number of nitrogens with two attached hydrogens (primary N) is 1. The third-order valence-corrected chi connectivity index (χ3v) is 2.44. The molecule has 0 bridgehead atoms. The average Bonchev–Trinajstić information content (AvgIpc) is 2.29. The zero-order valence-electron chi connectivity index (χ0n) is 9.01. The predicted molar refractivity (Wildman–Crippen MR) is 68.2 cm³/mol. The van der Waals surface area contributed by atoms with Gasteiger partial charge in [-0.05, 0) is 22.0 Å². The lowest BCUT2D eigenvalue weighted by molar-refractivity contribution is 0.415. The Morgan fingerprint density at radius 3 is 2.88 bits per heavy atom. The van der Waals surface area contributed by atoms with Gasteiger partial charge in [0, 0.05) is 10.7 Å². The van der Waals surface area contributed by atoms with E-state index in [-0.39, 0.29) is 5.82 Å². The van der Waals surface area contributed by atoms with E-state index in [2.05, 4.69) is 36.2 Å². The normalized spacial score (nSPS) is 10.0. The molecule has 2 aromatic heterocycles. The fourth-order valence-electron chi connectivity index (χ4n) is 1.29. The molecular formula is C10H10BrN5O. The molecule has 2 heterocycles. The number of halogens is 1. The molecule has 0 aliphatic rings. The third kappa shape index (κ3) is 2.62. The van der Waals surface area contributed by atoms with Crippen LogP contribution in [0.25, 0.3) is 0 Å². The molecule has 0 aromatic carbocycles. The van der Waals surface area contributed by atoms with Crippen LogP contribution in [0, 0.1) is 0 Å². The fraction of sp³-hybridized carbons (Fsp3) is 0.100. The van der Waals surface area contributed by atoms with Crippen LogP contribution in [0.15, 0.2) is 29.3 Å². The van der Waals surface area contributed by atoms with Gasteiger partial charge in [-0.3, -0.25) is 4.98 Å². The van der Waals surface area contributed by atoms with Crippen molar-refractivity contribution in [2.75, 3.05) is 18.2 Å². The van der Waals surface area contributed by atoms with Crippen LogP contribution < -0.4 is 15.8 Å². The van der Waals surface area contributed by atoms with E-state index in [0.29, 0.717) is 11.6 Å². The highest BCUT2D eigenvalue weighted by molar-refractivity contribution is 9.10. The van der Waals surface area contributed by atoms with Crippen molar-refractivity contribution in [1.82, 2.24) is 15.0 Å². The molecule has 0 atom stereocenters. The second kappa shape index (κ2) is 4.96. The topological polar surface area (TPSA) is 86.0 Å². The van der Waals surface area contributed by atoms with Crippen LogP contribution in [0.2, 0.25) is 0 Å². The van der Waals surface area contributed by atoms with Gasteiger partial charge in [-0.1, -0.05) is 0 Å². The summed E-state index contributed by atoms with van der Waals surface area (Å²) in [4.78, 5) is 11.9. The SMILES string of the molecule is COc1c(N)ncnc1Nc1cncc(Br)c1. The van der Waals surface area contributed by atoms with Crippen molar-refractivity contribution in [3.05, 3.63) is 29.3 Å². The molecule has 7 heteroatoms. The van der Waals surface area contributed by atoms with Crippen molar-refractivity contribution in [3.8, 4) is 5.75 Å². The minimum Gasteiger partial charge on any atom is -0.490 e. The van der Waals surface area contributed by atoms with Crippen molar-refractivity contribution >= 4 is 33.3 Å². The van der Waals surface area contributed by atoms with Crippen LogP contribution in [-0.2, 0) is 0 Å². The molecule has 0 fully saturated rings. The summed E-state index contributed by atoms with van der Waals surface area (Å²) in [6.07, 6.45) is 4.73. The number of anilines is 3. The molecule has 0 spiro atoms. The molecule has 6 nitrogen and oxygen atoms in total. The molecule has 0 saturated heterocycles. The number of ether oxygens (including phenoxy) is 1. The van der Waals surface area contributed by atoms with Gasteiger partial charge in [0.1, 0.15) is 6.33 Å². The van der Waals surface area contributed by atoms with E-state index >= 15 is 0 Å². The molecule has 0 aliphatic heterocycles. The van der Waals surface area contributed by atoms with Gasteiger partial charge >= 0.3 is 0 Å². The number of nitrogens with zero attached hydrogens (tertiary/aromatic N) is 3. The van der Waals surface area contributed by atoms with E-state index in [1.54, 1.807) is 12.4 Å². The zero-order valence-corrected chi connectivity index (χ0v) is 10.6. The van der Waals surface area contributed by atoms with Crippen molar-refractivity contribution < 1.29 is 4.74 Å². The Bertz CT molecular complexity index is 534. The minimum atomic E-state index is 0.285. The number of nitrogen functional groups attached to an aromatic ring is 1. The Labute approximate surface area is 106 Å². The summed E-state index contributed by atoms with van der Waals surface area (Å²) in [5.41, 5.74) is 6.45. The first-order valence-corrected chi connectivity index (χ1v) is 5.52. The summed E-state index contributed by atoms with van der Waals surface area (Å²) in [5, 5.41) is 3.06. The second-order valence-electron chi connectivity index (χ2n) is 3.16. The quantitative estimate of drug-likeness (QED) is 0.900. The molecule has 2 rings (SSSR count). The summed E-state index contributed by atoms with van der Waals surface area (Å²) in [6.45, 7) is 0. The van der Waals surface area contributed by atoms with Gasteiger partial charge in [0.2, 0.25) is 5.75 Å². The Balaban J connectivity index is 2.33. The average molecular weight is 296 g/mol. The number of hydrogen-bond acceptors (Lipinski definition) is 6. The van der Waals surface area contributed by atoms with Gasteiger partial charge in [-0.15, -0.1) is 0 Å². The Morgan fingerprint density at radius 2 is 2.18 bits per heavy atom.